The minimum Gasteiger partial charge on any atom is -0.466 e. The summed E-state index contributed by atoms with van der Waals surface area (Å²) in [5.41, 5.74) is 3.65. The van der Waals surface area contributed by atoms with Crippen molar-refractivity contribution in [2.24, 2.45) is 0 Å². The minimum atomic E-state index is -0.678. The molecule has 1 N–H and O–H groups in total. The van der Waals surface area contributed by atoms with Gasteiger partial charge in [0.15, 0.2) is 5.76 Å². The monoisotopic (exact) mass is 530 g/mol. The van der Waals surface area contributed by atoms with Crippen molar-refractivity contribution in [2.75, 3.05) is 31.2 Å². The maximum Gasteiger partial charge on any atom is 0.305 e. The number of hydrogen-bond acceptors (Lipinski definition) is 8. The van der Waals surface area contributed by atoms with E-state index in [0.29, 0.717) is 55.9 Å². The van der Waals surface area contributed by atoms with Crippen molar-refractivity contribution in [3.63, 3.8) is 0 Å². The van der Waals surface area contributed by atoms with Crippen LogP contribution in [-0.2, 0) is 19.1 Å². The second kappa shape index (κ2) is 11.1. The van der Waals surface area contributed by atoms with Gasteiger partial charge in [-0.3, -0.25) is 19.2 Å². The Morgan fingerprint density at radius 3 is 2.18 bits per heavy atom. The summed E-state index contributed by atoms with van der Waals surface area (Å²) in [6.07, 6.45) is 1.69. The van der Waals surface area contributed by atoms with Gasteiger partial charge in [0.05, 0.1) is 18.9 Å². The normalized spacial score (nSPS) is 12.5. The number of aromatic nitrogens is 1. The van der Waals surface area contributed by atoms with Crippen molar-refractivity contribution in [2.45, 2.75) is 39.5 Å². The van der Waals surface area contributed by atoms with E-state index in [0.717, 1.165) is 22.0 Å². The third kappa shape index (κ3) is 5.04. The predicted octanol–water partition coefficient (Wildman–Crippen LogP) is 5.45. The molecular weight excluding hydrogens is 500 g/mol. The highest BCUT2D eigenvalue weighted by molar-refractivity contribution is 6.53. The van der Waals surface area contributed by atoms with Crippen LogP contribution >= 0.6 is 0 Å². The van der Waals surface area contributed by atoms with E-state index in [4.69, 9.17) is 13.9 Å². The lowest BCUT2D eigenvalue weighted by atomic mass is 9.90. The lowest BCUT2D eigenvalue weighted by molar-refractivity contribution is -0.144. The summed E-state index contributed by atoms with van der Waals surface area (Å²) in [4.78, 5) is 54.8. The Balaban J connectivity index is 1.48. The van der Waals surface area contributed by atoms with Crippen molar-refractivity contribution < 1.29 is 33.1 Å². The van der Waals surface area contributed by atoms with Crippen LogP contribution in [0.25, 0.3) is 33.0 Å². The van der Waals surface area contributed by atoms with Gasteiger partial charge in [0, 0.05) is 65.1 Å². The fourth-order valence-corrected chi connectivity index (χ4v) is 5.14. The highest BCUT2D eigenvalue weighted by Gasteiger charge is 2.38. The van der Waals surface area contributed by atoms with Crippen LogP contribution in [0.2, 0.25) is 0 Å². The van der Waals surface area contributed by atoms with Crippen LogP contribution in [0.1, 0.15) is 60.6 Å². The van der Waals surface area contributed by atoms with E-state index in [9.17, 15) is 19.2 Å². The van der Waals surface area contributed by atoms with Gasteiger partial charge in [0.25, 0.3) is 11.6 Å². The number of anilines is 1. The van der Waals surface area contributed by atoms with Crippen LogP contribution in [0.3, 0.4) is 0 Å². The molecule has 0 radical (unpaired) electrons. The highest BCUT2D eigenvalue weighted by Crippen LogP contribution is 2.45. The van der Waals surface area contributed by atoms with E-state index in [1.54, 1.807) is 13.8 Å². The van der Waals surface area contributed by atoms with Crippen LogP contribution in [0.15, 0.2) is 46.9 Å². The fourth-order valence-electron chi connectivity index (χ4n) is 5.14. The maximum atomic E-state index is 13.0. The van der Waals surface area contributed by atoms with Gasteiger partial charge in [0.2, 0.25) is 0 Å². The third-order valence-electron chi connectivity index (χ3n) is 6.86. The van der Waals surface area contributed by atoms with Gasteiger partial charge in [-0.25, -0.2) is 0 Å². The van der Waals surface area contributed by atoms with Crippen molar-refractivity contribution in [3.8, 4) is 11.1 Å². The van der Waals surface area contributed by atoms with Gasteiger partial charge in [-0.1, -0.05) is 18.2 Å². The SMILES string of the molecule is CCOC(=O)CCCN(CCCC(=O)OCC)c1ccc2c3c(oc2c1)C(=O)C(=O)c1[nH]c2ccccc2c1-3. The Labute approximate surface area is 225 Å². The molecule has 0 unspecified atom stereocenters. The quantitative estimate of drug-likeness (QED) is 0.201. The molecule has 0 saturated carbocycles. The molecule has 0 aliphatic heterocycles. The number of benzene rings is 2. The van der Waals surface area contributed by atoms with Gasteiger partial charge >= 0.3 is 11.9 Å². The molecule has 202 valence electrons. The fraction of sp³-hybridized carbons (Fsp3) is 0.333. The zero-order chi connectivity index (χ0) is 27.5. The van der Waals surface area contributed by atoms with E-state index >= 15 is 0 Å². The molecule has 0 fully saturated rings. The Hall–Kier alpha value is -4.40. The van der Waals surface area contributed by atoms with E-state index in [1.807, 2.05) is 42.5 Å². The maximum absolute atomic E-state index is 13.0. The number of nitrogens with one attached hydrogen (secondary N) is 1. The number of carbonyl (C=O) groups is 4. The Morgan fingerprint density at radius 1 is 0.846 bits per heavy atom. The van der Waals surface area contributed by atoms with Gasteiger partial charge in [-0.2, -0.15) is 0 Å². The van der Waals surface area contributed by atoms with Crippen LogP contribution in [-0.4, -0.2) is 54.8 Å². The predicted molar refractivity (Wildman–Crippen MR) is 146 cm³/mol. The molecule has 1 aliphatic carbocycles. The summed E-state index contributed by atoms with van der Waals surface area (Å²) in [7, 11) is 0. The lowest BCUT2D eigenvalue weighted by Crippen LogP contribution is -2.27. The number of furan rings is 1. The number of ketones is 2. The summed E-state index contributed by atoms with van der Waals surface area (Å²) in [6, 6.07) is 13.2. The molecule has 39 heavy (non-hydrogen) atoms. The Bertz CT molecular complexity index is 1550. The van der Waals surface area contributed by atoms with E-state index in [2.05, 4.69) is 9.88 Å². The number of Topliss-reactive ketones (excluding diaryl/α,β-unsaturated/α-hetero) is 2. The first kappa shape index (κ1) is 26.2. The number of para-hydroxylation sites is 1. The van der Waals surface area contributed by atoms with Gasteiger partial charge in [-0.15, -0.1) is 0 Å². The smallest absolute Gasteiger partial charge is 0.305 e. The summed E-state index contributed by atoms with van der Waals surface area (Å²) in [6.45, 7) is 5.32. The molecule has 2 heterocycles. The molecule has 5 rings (SSSR count). The summed E-state index contributed by atoms with van der Waals surface area (Å²) in [5.74, 6) is -1.76. The zero-order valence-corrected chi connectivity index (χ0v) is 22.0. The number of ether oxygens (including phenoxy) is 2. The number of aromatic amines is 1. The topological polar surface area (TPSA) is 119 Å². The number of nitrogens with zero attached hydrogens (tertiary/aromatic N) is 1. The molecule has 0 saturated heterocycles. The number of carbonyl (C=O) groups excluding carboxylic acids is 4. The Kier molecular flexibility index (Phi) is 7.49. The van der Waals surface area contributed by atoms with Crippen molar-refractivity contribution in [3.05, 3.63) is 53.9 Å². The minimum absolute atomic E-state index is 0.0422. The summed E-state index contributed by atoms with van der Waals surface area (Å²) < 4.78 is 16.1. The van der Waals surface area contributed by atoms with E-state index in [-0.39, 0.29) is 36.2 Å². The molecule has 2 aromatic carbocycles. The van der Waals surface area contributed by atoms with Crippen LogP contribution in [0.5, 0.6) is 0 Å². The summed E-state index contributed by atoms with van der Waals surface area (Å²) >= 11 is 0. The van der Waals surface area contributed by atoms with E-state index in [1.165, 1.54) is 0 Å². The molecule has 0 bridgehead atoms. The molecule has 0 amide bonds. The molecule has 9 nitrogen and oxygen atoms in total. The number of esters is 2. The average molecular weight is 531 g/mol. The standard InChI is InChI=1S/C30H30N2O7/c1-3-37-23(33)11-7-15-32(16-8-12-24(34)38-4-2)18-13-14-20-22(17-18)39-30-26(20)25-19-9-5-6-10-21(19)31-27(25)28(35)29(30)36/h5-6,9-10,13-14,17,31H,3-4,7-8,11-12,15-16H2,1-2H3. The molecule has 4 aromatic rings. The van der Waals surface area contributed by atoms with Crippen molar-refractivity contribution >= 4 is 51.1 Å². The number of rotatable bonds is 11. The third-order valence-corrected chi connectivity index (χ3v) is 6.86. The van der Waals surface area contributed by atoms with Crippen LogP contribution in [0.4, 0.5) is 5.69 Å². The first-order valence-corrected chi connectivity index (χ1v) is 13.3. The van der Waals surface area contributed by atoms with Gasteiger partial charge in [-0.05, 0) is 44.9 Å². The molecule has 0 atom stereocenters. The average Bonchev–Trinajstić information content (AvgIpc) is 3.49. The van der Waals surface area contributed by atoms with Gasteiger partial charge in [0.1, 0.15) is 5.58 Å². The van der Waals surface area contributed by atoms with Crippen LogP contribution < -0.4 is 4.90 Å². The lowest BCUT2D eigenvalue weighted by Gasteiger charge is -2.24. The first-order valence-electron chi connectivity index (χ1n) is 13.3. The Morgan fingerprint density at radius 2 is 1.51 bits per heavy atom. The molecule has 1 aliphatic rings. The van der Waals surface area contributed by atoms with Gasteiger partial charge < -0.3 is 23.8 Å². The zero-order valence-electron chi connectivity index (χ0n) is 22.0. The van der Waals surface area contributed by atoms with Crippen molar-refractivity contribution in [1.29, 1.82) is 0 Å². The largest absolute Gasteiger partial charge is 0.466 e. The van der Waals surface area contributed by atoms with Crippen LogP contribution in [0, 0.1) is 0 Å². The molecular formula is C30H30N2O7. The molecule has 2 aromatic heterocycles. The second-order valence-electron chi connectivity index (χ2n) is 9.37. The number of hydrogen-bond donors (Lipinski definition) is 1. The summed E-state index contributed by atoms with van der Waals surface area (Å²) in [5, 5.41) is 1.58. The molecule has 0 spiro atoms. The van der Waals surface area contributed by atoms with E-state index < -0.39 is 11.6 Å². The first-order chi connectivity index (χ1) is 18.9. The number of H-pyrrole nitrogens is 1. The molecule has 9 heteroatoms. The van der Waals surface area contributed by atoms with Crippen molar-refractivity contribution in [1.82, 2.24) is 4.98 Å². The number of fused-ring (bicyclic) bond motifs is 7. The second-order valence-corrected chi connectivity index (χ2v) is 9.37. The highest BCUT2D eigenvalue weighted by atomic mass is 16.5.